The highest BCUT2D eigenvalue weighted by Crippen LogP contribution is 2.28. The highest BCUT2D eigenvalue weighted by molar-refractivity contribution is 5.81. The van der Waals surface area contributed by atoms with Gasteiger partial charge in [0.25, 0.3) is 0 Å². The van der Waals surface area contributed by atoms with Gasteiger partial charge in [0.1, 0.15) is 0 Å². The van der Waals surface area contributed by atoms with Gasteiger partial charge in [0.05, 0.1) is 6.54 Å². The van der Waals surface area contributed by atoms with Crippen LogP contribution in [0.1, 0.15) is 63.0 Å². The fourth-order valence-corrected chi connectivity index (χ4v) is 5.13. The molecule has 7 nitrogen and oxygen atoms in total. The summed E-state index contributed by atoms with van der Waals surface area (Å²) in [6.45, 7) is 6.51. The summed E-state index contributed by atoms with van der Waals surface area (Å²) in [5, 5.41) is 6.89. The molecule has 1 aliphatic carbocycles. The van der Waals surface area contributed by atoms with Crippen LogP contribution in [-0.4, -0.2) is 59.8 Å². The number of rotatable bonds is 7. The molecule has 1 saturated carbocycles. The standard InChI is InChI=1S/C25H37N5O2/c1-2-26-25(28-22-13-15-30(18-22)24(32)19-8-3-4-9-19)27-16-20-10-5-6-11-21(20)17-29-14-7-12-23(29)31/h5-6,10-11,19,22H,2-4,7-9,12-18H2,1H3,(H2,26,27,28). The summed E-state index contributed by atoms with van der Waals surface area (Å²) in [6.07, 6.45) is 7.06. The Bertz CT molecular complexity index is 833. The zero-order valence-electron chi connectivity index (χ0n) is 19.3. The number of aliphatic imine (C=N–C) groups is 1. The van der Waals surface area contributed by atoms with Crippen molar-refractivity contribution in [3.05, 3.63) is 35.4 Å². The van der Waals surface area contributed by atoms with Crippen LogP contribution in [0.3, 0.4) is 0 Å². The molecule has 2 saturated heterocycles. The van der Waals surface area contributed by atoms with E-state index < -0.39 is 0 Å². The Morgan fingerprint density at radius 3 is 2.59 bits per heavy atom. The summed E-state index contributed by atoms with van der Waals surface area (Å²) in [6, 6.07) is 8.49. The number of guanidine groups is 1. The maximum atomic E-state index is 12.7. The Kier molecular flexibility index (Phi) is 7.66. The van der Waals surface area contributed by atoms with Crippen molar-refractivity contribution in [1.29, 1.82) is 0 Å². The smallest absolute Gasteiger partial charge is 0.225 e. The molecule has 0 radical (unpaired) electrons. The van der Waals surface area contributed by atoms with E-state index in [1.807, 2.05) is 21.9 Å². The average molecular weight is 440 g/mol. The quantitative estimate of drug-likeness (QED) is 0.506. The van der Waals surface area contributed by atoms with E-state index in [2.05, 4.69) is 29.7 Å². The summed E-state index contributed by atoms with van der Waals surface area (Å²) in [7, 11) is 0. The molecule has 32 heavy (non-hydrogen) atoms. The van der Waals surface area contributed by atoms with Gasteiger partial charge >= 0.3 is 0 Å². The summed E-state index contributed by atoms with van der Waals surface area (Å²) in [5.41, 5.74) is 2.31. The molecule has 1 unspecified atom stereocenters. The summed E-state index contributed by atoms with van der Waals surface area (Å²) in [5.74, 6) is 1.63. The van der Waals surface area contributed by atoms with Crippen LogP contribution in [0, 0.1) is 5.92 Å². The van der Waals surface area contributed by atoms with Crippen molar-refractivity contribution in [2.24, 2.45) is 10.9 Å². The number of nitrogens with zero attached hydrogens (tertiary/aromatic N) is 3. The van der Waals surface area contributed by atoms with Crippen LogP contribution in [0.4, 0.5) is 0 Å². The van der Waals surface area contributed by atoms with Crippen LogP contribution in [0.5, 0.6) is 0 Å². The number of amides is 2. The zero-order chi connectivity index (χ0) is 22.3. The predicted octanol–water partition coefficient (Wildman–Crippen LogP) is 2.66. The Morgan fingerprint density at radius 2 is 1.88 bits per heavy atom. The first-order valence-corrected chi connectivity index (χ1v) is 12.3. The number of likely N-dealkylation sites (tertiary alicyclic amines) is 2. The van der Waals surface area contributed by atoms with E-state index in [9.17, 15) is 9.59 Å². The highest BCUT2D eigenvalue weighted by atomic mass is 16.2. The molecule has 2 heterocycles. The van der Waals surface area contributed by atoms with E-state index in [1.165, 1.54) is 12.8 Å². The second-order valence-electron chi connectivity index (χ2n) is 9.28. The first-order valence-electron chi connectivity index (χ1n) is 12.3. The van der Waals surface area contributed by atoms with Crippen LogP contribution in [0.15, 0.2) is 29.3 Å². The molecule has 2 amide bonds. The molecule has 1 aromatic carbocycles. The molecule has 1 atom stereocenters. The fraction of sp³-hybridized carbons (Fsp3) is 0.640. The van der Waals surface area contributed by atoms with Gasteiger partial charge in [-0.25, -0.2) is 4.99 Å². The maximum Gasteiger partial charge on any atom is 0.225 e. The minimum atomic E-state index is 0.232. The molecule has 0 spiro atoms. The van der Waals surface area contributed by atoms with Crippen LogP contribution in [-0.2, 0) is 22.7 Å². The van der Waals surface area contributed by atoms with Gasteiger partial charge in [0.15, 0.2) is 5.96 Å². The van der Waals surface area contributed by atoms with Gasteiger partial charge in [-0.15, -0.1) is 0 Å². The molecule has 7 heteroatoms. The Morgan fingerprint density at radius 1 is 1.09 bits per heavy atom. The average Bonchev–Trinajstić information content (AvgIpc) is 3.56. The normalized spacial score (nSPS) is 22.1. The van der Waals surface area contributed by atoms with E-state index in [1.54, 1.807) is 0 Å². The Labute approximate surface area is 191 Å². The second-order valence-corrected chi connectivity index (χ2v) is 9.28. The van der Waals surface area contributed by atoms with Crippen molar-refractivity contribution in [2.75, 3.05) is 26.2 Å². The van der Waals surface area contributed by atoms with Crippen molar-refractivity contribution >= 4 is 17.8 Å². The van der Waals surface area contributed by atoms with Gasteiger partial charge in [0.2, 0.25) is 11.8 Å². The Balaban J connectivity index is 1.35. The molecular weight excluding hydrogens is 402 g/mol. The number of carbonyl (C=O) groups is 2. The van der Waals surface area contributed by atoms with Crippen molar-refractivity contribution in [3.8, 4) is 0 Å². The first-order chi connectivity index (χ1) is 15.6. The minimum absolute atomic E-state index is 0.232. The van der Waals surface area contributed by atoms with Gasteiger partial charge in [0, 0.05) is 51.1 Å². The summed E-state index contributed by atoms with van der Waals surface area (Å²) < 4.78 is 0. The van der Waals surface area contributed by atoms with E-state index in [4.69, 9.17) is 4.99 Å². The monoisotopic (exact) mass is 439 g/mol. The molecule has 3 aliphatic rings. The molecule has 174 valence electrons. The highest BCUT2D eigenvalue weighted by Gasteiger charge is 2.32. The van der Waals surface area contributed by atoms with Crippen LogP contribution < -0.4 is 10.6 Å². The lowest BCUT2D eigenvalue weighted by molar-refractivity contribution is -0.134. The molecule has 2 N–H and O–H groups in total. The summed E-state index contributed by atoms with van der Waals surface area (Å²) in [4.78, 5) is 33.6. The van der Waals surface area contributed by atoms with Gasteiger partial charge in [-0.2, -0.15) is 0 Å². The molecule has 1 aromatic rings. The van der Waals surface area contributed by atoms with Crippen molar-refractivity contribution < 1.29 is 9.59 Å². The van der Waals surface area contributed by atoms with Crippen molar-refractivity contribution in [3.63, 3.8) is 0 Å². The van der Waals surface area contributed by atoms with Gasteiger partial charge in [-0.3, -0.25) is 9.59 Å². The molecule has 3 fully saturated rings. The molecule has 4 rings (SSSR count). The van der Waals surface area contributed by atoms with Crippen molar-refractivity contribution in [1.82, 2.24) is 20.4 Å². The molecular formula is C25H37N5O2. The third-order valence-corrected chi connectivity index (χ3v) is 6.95. The third-order valence-electron chi connectivity index (χ3n) is 6.95. The summed E-state index contributed by atoms with van der Waals surface area (Å²) >= 11 is 0. The lowest BCUT2D eigenvalue weighted by Crippen LogP contribution is -2.45. The lowest BCUT2D eigenvalue weighted by atomic mass is 10.1. The first kappa shape index (κ1) is 22.6. The largest absolute Gasteiger partial charge is 0.357 e. The number of nitrogens with one attached hydrogen (secondary N) is 2. The SMILES string of the molecule is CCNC(=NCc1ccccc1CN1CCCC1=O)NC1CCN(C(=O)C2CCCC2)C1. The third kappa shape index (κ3) is 5.61. The lowest BCUT2D eigenvalue weighted by Gasteiger charge is -2.21. The van der Waals surface area contributed by atoms with E-state index in [-0.39, 0.29) is 17.9 Å². The molecule has 0 bridgehead atoms. The van der Waals surface area contributed by atoms with Gasteiger partial charge in [-0.1, -0.05) is 37.1 Å². The van der Waals surface area contributed by atoms with Gasteiger partial charge in [-0.05, 0) is 43.7 Å². The molecule has 2 aliphatic heterocycles. The zero-order valence-corrected chi connectivity index (χ0v) is 19.3. The van der Waals surface area contributed by atoms with E-state index in [0.717, 1.165) is 68.9 Å². The van der Waals surface area contributed by atoms with E-state index in [0.29, 0.717) is 25.4 Å². The maximum absolute atomic E-state index is 12.7. The van der Waals surface area contributed by atoms with E-state index >= 15 is 0 Å². The number of carbonyl (C=O) groups excluding carboxylic acids is 2. The van der Waals surface area contributed by atoms with Crippen molar-refractivity contribution in [2.45, 2.75) is 71.0 Å². The topological polar surface area (TPSA) is 77.0 Å². The predicted molar refractivity (Wildman–Crippen MR) is 126 cm³/mol. The van der Waals surface area contributed by atoms with Gasteiger partial charge < -0.3 is 20.4 Å². The molecule has 0 aromatic heterocycles. The van der Waals surface area contributed by atoms with Crippen LogP contribution in [0.25, 0.3) is 0 Å². The fourth-order valence-electron chi connectivity index (χ4n) is 5.13. The van der Waals surface area contributed by atoms with Crippen LogP contribution in [0.2, 0.25) is 0 Å². The second kappa shape index (κ2) is 10.8. The van der Waals surface area contributed by atoms with Crippen LogP contribution >= 0.6 is 0 Å². The number of benzene rings is 1. The number of hydrogen-bond acceptors (Lipinski definition) is 3. The minimum Gasteiger partial charge on any atom is -0.357 e. The number of hydrogen-bond donors (Lipinski definition) is 2. The Hall–Kier alpha value is -2.57.